The number of amides is 4. The number of nitrogen functional groups attached to an aromatic ring is 1. The normalized spacial score (nSPS) is 15.3. The number of carbonyl (C=O) groups excluding carboxylic acids is 4. The Kier molecular flexibility index (Phi) is 15.4. The van der Waals surface area contributed by atoms with Crippen LogP contribution in [-0.2, 0) is 23.8 Å². The van der Waals surface area contributed by atoms with E-state index in [0.29, 0.717) is 47.7 Å². The fourth-order valence-electron chi connectivity index (χ4n) is 5.10. The fraction of sp³-hybridized carbons (Fsp3) is 0.195. The number of anilines is 1. The molecule has 0 unspecified atom stereocenters. The van der Waals surface area contributed by atoms with Gasteiger partial charge in [0.1, 0.15) is 11.4 Å². The number of oxazole rings is 1. The Balaban J connectivity index is 0.000000200. The van der Waals surface area contributed by atoms with Crippen molar-refractivity contribution < 1.29 is 62.6 Å². The molecule has 0 spiro atoms. The summed E-state index contributed by atoms with van der Waals surface area (Å²) in [7, 11) is 7.40. The zero-order valence-corrected chi connectivity index (χ0v) is 38.6. The van der Waals surface area contributed by atoms with Crippen molar-refractivity contribution in [2.24, 2.45) is 0 Å². The number of halogens is 2. The molecule has 2 fully saturated rings. The summed E-state index contributed by atoms with van der Waals surface area (Å²) in [6, 6.07) is 15.7. The lowest BCUT2D eigenvalue weighted by atomic mass is 10.1. The van der Waals surface area contributed by atoms with Crippen LogP contribution in [0, 0.1) is 6.92 Å². The van der Waals surface area contributed by atoms with Crippen molar-refractivity contribution in [1.82, 2.24) is 14.8 Å². The van der Waals surface area contributed by atoms with Crippen LogP contribution in [0.4, 0.5) is 15.3 Å². The van der Waals surface area contributed by atoms with Gasteiger partial charge in [-0.3, -0.25) is 29.0 Å². The quantitative estimate of drug-likeness (QED) is 0.0466. The highest BCUT2D eigenvalue weighted by Gasteiger charge is 2.33. The van der Waals surface area contributed by atoms with E-state index in [2.05, 4.69) is 36.8 Å². The van der Waals surface area contributed by atoms with Crippen LogP contribution in [0.2, 0.25) is 0 Å². The maximum Gasteiger partial charge on any atom is 0.293 e. The van der Waals surface area contributed by atoms with Gasteiger partial charge >= 0.3 is 0 Å². The van der Waals surface area contributed by atoms with Gasteiger partial charge in [-0.15, -0.1) is 0 Å². The lowest BCUT2D eigenvalue weighted by Crippen LogP contribution is -2.31. The molecule has 4 amide bonds. The average molecular weight is 1020 g/mol. The Bertz CT molecular complexity index is 2620. The number of likely N-dealkylation sites (N-methyl/N-ethyl adjacent to an activating group) is 2. The number of rotatable bonds is 9. The number of aromatic nitrogens is 1. The van der Waals surface area contributed by atoms with Gasteiger partial charge in [0, 0.05) is 58.2 Å². The first-order valence-corrected chi connectivity index (χ1v) is 20.9. The maximum atomic E-state index is 12.1. The number of methoxy groups -OCH3 is 3. The molecule has 62 heavy (non-hydrogen) atoms. The molecule has 0 aliphatic carbocycles. The van der Waals surface area contributed by atoms with Gasteiger partial charge in [-0.05, 0) is 95.3 Å². The number of aromatic hydroxyl groups is 3. The van der Waals surface area contributed by atoms with E-state index in [0.717, 1.165) is 33.3 Å². The Morgan fingerprint density at radius 3 is 1.60 bits per heavy atom. The molecule has 3 heterocycles. The van der Waals surface area contributed by atoms with E-state index in [9.17, 15) is 34.5 Å². The van der Waals surface area contributed by atoms with Crippen LogP contribution < -0.4 is 15.2 Å². The van der Waals surface area contributed by atoms with Crippen molar-refractivity contribution in [1.29, 1.82) is 0 Å². The summed E-state index contributed by atoms with van der Waals surface area (Å²) in [6.45, 7) is 3.42. The number of phenols is 3. The lowest BCUT2D eigenvalue weighted by Gasteiger charge is -2.23. The van der Waals surface area contributed by atoms with Gasteiger partial charge < -0.3 is 49.2 Å². The molecule has 5 N–H and O–H groups in total. The van der Waals surface area contributed by atoms with Gasteiger partial charge in [0.05, 0.1) is 9.81 Å². The molecule has 0 atom stereocenters. The molecule has 7 rings (SSSR count). The van der Waals surface area contributed by atoms with Crippen molar-refractivity contribution in [2.45, 2.75) is 19.8 Å². The van der Waals surface area contributed by atoms with Crippen molar-refractivity contribution >= 4 is 107 Å². The molecular formula is C41H38Br2N4O13S2. The third-order valence-corrected chi connectivity index (χ3v) is 12.1. The average Bonchev–Trinajstić information content (AvgIpc) is 3.83. The number of nitrogens with two attached hydrogens (primary N) is 1. The van der Waals surface area contributed by atoms with E-state index in [-0.39, 0.29) is 61.5 Å². The first kappa shape index (κ1) is 47.5. The van der Waals surface area contributed by atoms with Crippen LogP contribution in [0.5, 0.6) is 40.2 Å². The molecule has 5 aromatic rings. The summed E-state index contributed by atoms with van der Waals surface area (Å²) in [5, 5.41) is 29.4. The van der Waals surface area contributed by atoms with Gasteiger partial charge in [0.2, 0.25) is 0 Å². The zero-order chi connectivity index (χ0) is 45.6. The van der Waals surface area contributed by atoms with E-state index < -0.39 is 11.9 Å². The van der Waals surface area contributed by atoms with Crippen LogP contribution in [0.25, 0.3) is 23.3 Å². The van der Waals surface area contributed by atoms with Gasteiger partial charge in [-0.25, -0.2) is 4.98 Å². The molecular weight excluding hydrogens is 980 g/mol. The molecule has 2 aliphatic heterocycles. The summed E-state index contributed by atoms with van der Waals surface area (Å²) in [6.07, 6.45) is 3.10. The number of carbonyl (C=O) groups is 4. The predicted octanol–water partition coefficient (Wildman–Crippen LogP) is 9.56. The summed E-state index contributed by atoms with van der Waals surface area (Å²) < 4.78 is 32.4. The number of para-hydroxylation sites is 2. The minimum absolute atomic E-state index is 0.0310. The molecule has 2 saturated heterocycles. The number of ether oxygens (including phenoxy) is 5. The molecule has 4 aromatic carbocycles. The highest BCUT2D eigenvalue weighted by atomic mass is 79.9. The molecule has 326 valence electrons. The molecule has 0 radical (unpaired) electrons. The number of hydrogen-bond donors (Lipinski definition) is 4. The molecule has 1 aromatic heterocycles. The molecule has 2 aliphatic rings. The number of aryl methyl sites for hydroxylation is 1. The lowest BCUT2D eigenvalue weighted by molar-refractivity contribution is -0.340. The molecule has 21 heteroatoms. The molecule has 0 bridgehead atoms. The first-order valence-electron chi connectivity index (χ1n) is 17.7. The largest absolute Gasteiger partial charge is 0.506 e. The minimum Gasteiger partial charge on any atom is -0.506 e. The highest BCUT2D eigenvalue weighted by molar-refractivity contribution is 9.10. The van der Waals surface area contributed by atoms with Gasteiger partial charge in [0.15, 0.2) is 51.5 Å². The van der Waals surface area contributed by atoms with E-state index >= 15 is 0 Å². The Hall–Kier alpha value is -5.55. The van der Waals surface area contributed by atoms with Crippen molar-refractivity contribution in [3.05, 3.63) is 96.4 Å². The number of fused-ring (bicyclic) bond motifs is 1. The number of phenolic OH excluding ortho intramolecular Hbond substituents is 3. The summed E-state index contributed by atoms with van der Waals surface area (Å²) >= 11 is 8.35. The van der Waals surface area contributed by atoms with Gasteiger partial charge in [-0.2, -0.15) is 0 Å². The van der Waals surface area contributed by atoms with E-state index in [4.69, 9.17) is 33.8 Å². The topological polar surface area (TPSA) is 234 Å². The highest BCUT2D eigenvalue weighted by Crippen LogP contribution is 2.42. The predicted molar refractivity (Wildman–Crippen MR) is 240 cm³/mol. The third kappa shape index (κ3) is 10.9. The number of imide groups is 2. The van der Waals surface area contributed by atoms with E-state index in [1.807, 2.05) is 0 Å². The molecule has 0 saturated carbocycles. The second-order valence-corrected chi connectivity index (χ2v) is 16.6. The Morgan fingerprint density at radius 2 is 1.16 bits per heavy atom. The second kappa shape index (κ2) is 20.1. The maximum absolute atomic E-state index is 12.1. The van der Waals surface area contributed by atoms with Crippen LogP contribution in [-0.4, -0.2) is 93.8 Å². The van der Waals surface area contributed by atoms with Crippen molar-refractivity contribution in [2.75, 3.05) is 41.2 Å². The number of thioether (sulfide) groups is 2. The summed E-state index contributed by atoms with van der Waals surface area (Å²) in [5.74, 6) is -0.705. The number of benzene rings is 4. The van der Waals surface area contributed by atoms with E-state index in [1.165, 1.54) is 65.8 Å². The fourth-order valence-corrected chi connectivity index (χ4v) is 7.63. The standard InChI is InChI=1S/C19H13BrN2O5S.C17H13BrN2O5S.C5H12O3/c1-9-21-17-13(26-9)4-3-5-14(17)27-15-6-10(11(20)8-12(15)23)7-16-18(24)22(2)19(25)28-16;1-20-16(23)14(26-17(20)24)6-8-5-13(11(22)7-9(8)18)25-12-4-2-3-10(21)15(12)19;1-5(6-2,7-3)8-4/h3-8,23H,1-2H3;2-7,21-22H,19H2,1H3;1-4H3/b16-7-;14-6-;. The SMILES string of the molecule is CN1C(=O)S/C(=C\c2cc(Oc3cccc(O)c3N)c(O)cc2Br)C1=O.COC(C)(OC)OC.Cc1nc2c(Oc3cc(/C=C4\SC(=O)N(C)C4=O)c(Br)cc3O)cccc2o1. The third-order valence-electron chi connectivity index (χ3n) is 8.79. The second-order valence-electron chi connectivity index (χ2n) is 12.9. The Labute approximate surface area is 379 Å². The first-order chi connectivity index (χ1) is 29.3. The van der Waals surface area contributed by atoms with Gasteiger partial charge in [-0.1, -0.05) is 44.0 Å². The minimum atomic E-state index is -0.875. The van der Waals surface area contributed by atoms with Crippen LogP contribution in [0.15, 0.2) is 83.8 Å². The number of hydrogen-bond acceptors (Lipinski definition) is 17. The van der Waals surface area contributed by atoms with Crippen molar-refractivity contribution in [3.63, 3.8) is 0 Å². The van der Waals surface area contributed by atoms with Gasteiger partial charge in [0.25, 0.3) is 28.3 Å². The Morgan fingerprint density at radius 1 is 0.710 bits per heavy atom. The van der Waals surface area contributed by atoms with Crippen LogP contribution in [0.3, 0.4) is 0 Å². The van der Waals surface area contributed by atoms with Crippen molar-refractivity contribution in [3.8, 4) is 40.2 Å². The molecule has 17 nitrogen and oxygen atoms in total. The monoisotopic (exact) mass is 1020 g/mol. The number of nitrogens with zero attached hydrogens (tertiary/aromatic N) is 3. The van der Waals surface area contributed by atoms with Crippen LogP contribution >= 0.6 is 55.4 Å². The van der Waals surface area contributed by atoms with Crippen LogP contribution in [0.1, 0.15) is 23.9 Å². The summed E-state index contributed by atoms with van der Waals surface area (Å²) in [4.78, 5) is 54.4. The van der Waals surface area contributed by atoms with E-state index in [1.54, 1.807) is 56.3 Å². The summed E-state index contributed by atoms with van der Waals surface area (Å²) in [5.41, 5.74) is 8.00. The smallest absolute Gasteiger partial charge is 0.293 e. The zero-order valence-electron chi connectivity index (χ0n) is 33.8.